The quantitative estimate of drug-likeness (QED) is 0.176. The van der Waals surface area contributed by atoms with E-state index in [9.17, 15) is 5.26 Å². The minimum absolute atomic E-state index is 0.317. The summed E-state index contributed by atoms with van der Waals surface area (Å²) in [5.41, 5.74) is 20.2. The molecule has 1 unspecified atom stereocenters. The Labute approximate surface area is 471 Å². The standard InChI is InChI=1S/C75H52N2O2S/c1-72(2)52-20-4-7-23-56(52)75(59-26-10-14-31-66(59)79-71-51(19-18-28-62(71)75)49-38-35-47(46-76)36-39-49)63-43-48(37-41-53(63)72)45-73(3)54-21-5-8-24-57(54)74(58-25-9-6-22-55(58)73)60-27-11-17-34-69(60)80-70-44-50(40-42-61(70)74)77-64-29-12-15-32-67(64)78-68-33-16-13-30-65(68)77/h4-44H,45H2,1-3H3. The molecule has 4 nitrogen and oxygen atoms in total. The highest BCUT2D eigenvalue weighted by Gasteiger charge is 2.56. The van der Waals surface area contributed by atoms with Gasteiger partial charge in [0.25, 0.3) is 0 Å². The highest BCUT2D eigenvalue weighted by Crippen LogP contribution is 2.66. The smallest absolute Gasteiger partial charge is 0.151 e. The van der Waals surface area contributed by atoms with E-state index in [0.29, 0.717) is 5.56 Å². The van der Waals surface area contributed by atoms with Gasteiger partial charge in [0.15, 0.2) is 11.5 Å². The molecule has 0 fully saturated rings. The van der Waals surface area contributed by atoms with E-state index in [4.69, 9.17) is 9.47 Å². The molecule has 80 heavy (non-hydrogen) atoms. The molecule has 0 radical (unpaired) electrons. The van der Waals surface area contributed by atoms with Crippen molar-refractivity contribution in [3.8, 4) is 40.2 Å². The van der Waals surface area contributed by atoms with Crippen molar-refractivity contribution in [2.24, 2.45) is 0 Å². The highest BCUT2D eigenvalue weighted by atomic mass is 32.2. The first-order valence-corrected chi connectivity index (χ1v) is 28.5. The van der Waals surface area contributed by atoms with Gasteiger partial charge in [-0.2, -0.15) is 5.26 Å². The Kier molecular flexibility index (Phi) is 9.98. The predicted molar refractivity (Wildman–Crippen MR) is 321 cm³/mol. The molecule has 0 saturated carbocycles. The number of fused-ring (bicyclic) bond motifs is 18. The fourth-order valence-corrected chi connectivity index (χ4v) is 16.2. The van der Waals surface area contributed by atoms with Gasteiger partial charge >= 0.3 is 0 Å². The fourth-order valence-electron chi connectivity index (χ4n) is 15.0. The topological polar surface area (TPSA) is 45.5 Å². The van der Waals surface area contributed by atoms with Crippen LogP contribution in [0.2, 0.25) is 0 Å². The van der Waals surface area contributed by atoms with Crippen molar-refractivity contribution in [2.45, 2.75) is 58.6 Å². The Morgan fingerprint density at radius 1 is 0.412 bits per heavy atom. The molecule has 2 aliphatic carbocycles. The van der Waals surface area contributed by atoms with Crippen LogP contribution in [0, 0.1) is 11.3 Å². The van der Waals surface area contributed by atoms with Gasteiger partial charge in [-0.15, -0.1) is 0 Å². The molecule has 2 spiro atoms. The molecule has 1 atom stereocenters. The first-order valence-electron chi connectivity index (χ1n) is 27.7. The first kappa shape index (κ1) is 46.7. The van der Waals surface area contributed by atoms with Crippen LogP contribution in [0.1, 0.15) is 98.7 Å². The normalized spacial score (nSPS) is 17.2. The Balaban J connectivity index is 0.899. The van der Waals surface area contributed by atoms with Crippen molar-refractivity contribution in [2.75, 3.05) is 4.90 Å². The first-order chi connectivity index (χ1) is 39.2. The average Bonchev–Trinajstić information content (AvgIpc) is 2.36. The van der Waals surface area contributed by atoms with Gasteiger partial charge in [-0.05, 0) is 134 Å². The Bertz CT molecular complexity index is 4380. The lowest BCUT2D eigenvalue weighted by Gasteiger charge is -2.52. The Morgan fingerprint density at radius 3 is 1.60 bits per heavy atom. The molecular weight excluding hydrogens is 993 g/mol. The van der Waals surface area contributed by atoms with Gasteiger partial charge in [0.1, 0.15) is 11.5 Å². The van der Waals surface area contributed by atoms with Gasteiger partial charge < -0.3 is 14.4 Å². The van der Waals surface area contributed by atoms with Crippen molar-refractivity contribution >= 4 is 28.8 Å². The molecule has 3 heterocycles. The average molecular weight is 1050 g/mol. The van der Waals surface area contributed by atoms with E-state index in [1.807, 2.05) is 48.2 Å². The molecule has 11 aromatic rings. The largest absolute Gasteiger partial charge is 0.456 e. The number of nitrogens with zero attached hydrogens (tertiary/aromatic N) is 2. The molecule has 0 amide bonds. The van der Waals surface area contributed by atoms with Crippen LogP contribution in [0.5, 0.6) is 23.0 Å². The van der Waals surface area contributed by atoms with Crippen molar-refractivity contribution in [1.82, 2.24) is 0 Å². The van der Waals surface area contributed by atoms with Crippen LogP contribution in [-0.4, -0.2) is 0 Å². The second-order valence-electron chi connectivity index (χ2n) is 22.8. The third kappa shape index (κ3) is 6.23. The zero-order valence-electron chi connectivity index (χ0n) is 44.5. The van der Waals surface area contributed by atoms with Crippen molar-refractivity contribution in [3.05, 3.63) is 327 Å². The third-order valence-electron chi connectivity index (χ3n) is 18.4. The van der Waals surface area contributed by atoms with Crippen molar-refractivity contribution in [1.29, 1.82) is 5.26 Å². The lowest BCUT2D eigenvalue weighted by molar-refractivity contribution is 0.426. The van der Waals surface area contributed by atoms with Crippen LogP contribution in [0.3, 0.4) is 0 Å². The molecular formula is C75H52N2O2S. The van der Waals surface area contributed by atoms with Crippen molar-refractivity contribution in [3.63, 3.8) is 0 Å². The number of hydrogen-bond donors (Lipinski definition) is 0. The number of ether oxygens (including phenoxy) is 2. The van der Waals surface area contributed by atoms with E-state index in [1.165, 1.54) is 71.0 Å². The molecule has 380 valence electrons. The van der Waals surface area contributed by atoms with Crippen LogP contribution in [0.15, 0.2) is 259 Å². The number of benzene rings is 11. The predicted octanol–water partition coefficient (Wildman–Crippen LogP) is 18.6. The summed E-state index contributed by atoms with van der Waals surface area (Å²) in [5.74, 6) is 3.36. The monoisotopic (exact) mass is 1040 g/mol. The van der Waals surface area contributed by atoms with E-state index in [2.05, 4.69) is 244 Å². The maximum atomic E-state index is 9.78. The maximum Gasteiger partial charge on any atom is 0.151 e. The van der Waals surface area contributed by atoms with Crippen LogP contribution in [0.4, 0.5) is 17.1 Å². The van der Waals surface area contributed by atoms with Gasteiger partial charge in [-0.3, -0.25) is 0 Å². The lowest BCUT2D eigenvalue weighted by atomic mass is 9.52. The molecule has 0 saturated heterocycles. The van der Waals surface area contributed by atoms with E-state index in [-0.39, 0.29) is 5.41 Å². The summed E-state index contributed by atoms with van der Waals surface area (Å²) in [6.07, 6.45) is 0.761. The SMILES string of the molecule is CC1(C)c2ccccc2C2(c3ccccc3Oc3c(-c4ccc(C#N)cc4)cccc32)c2cc(CC3(C)c4ccccc4C4(c5ccccc5Sc5cc(N6c7ccccc7Oc7ccccc76)ccc54)c4ccccc43)ccc21. The molecule has 11 aromatic carbocycles. The van der Waals surface area contributed by atoms with E-state index >= 15 is 0 Å². The lowest BCUT2D eigenvalue weighted by Crippen LogP contribution is -2.45. The molecule has 5 heteroatoms. The fraction of sp³-hybridized carbons (Fsp3) is 0.107. The van der Waals surface area contributed by atoms with Gasteiger partial charge in [0, 0.05) is 43.0 Å². The minimum atomic E-state index is -0.727. The highest BCUT2D eigenvalue weighted by molar-refractivity contribution is 7.99. The molecule has 16 rings (SSSR count). The van der Waals surface area contributed by atoms with E-state index in [0.717, 1.165) is 68.7 Å². The maximum absolute atomic E-state index is 9.78. The molecule has 0 N–H and O–H groups in total. The van der Waals surface area contributed by atoms with E-state index in [1.54, 1.807) is 0 Å². The molecule has 0 bridgehead atoms. The summed E-state index contributed by atoms with van der Waals surface area (Å²) in [6.45, 7) is 7.28. The van der Waals surface area contributed by atoms with Crippen LogP contribution in [0.25, 0.3) is 11.1 Å². The number of para-hydroxylation sites is 6. The Hall–Kier alpha value is -9.34. The molecule has 5 aliphatic rings. The minimum Gasteiger partial charge on any atom is -0.456 e. The second-order valence-corrected chi connectivity index (χ2v) is 23.9. The van der Waals surface area contributed by atoms with E-state index < -0.39 is 16.2 Å². The summed E-state index contributed by atoms with van der Waals surface area (Å²) < 4.78 is 13.7. The summed E-state index contributed by atoms with van der Waals surface area (Å²) in [4.78, 5) is 4.85. The van der Waals surface area contributed by atoms with Crippen LogP contribution >= 0.6 is 11.8 Å². The number of anilines is 3. The zero-order chi connectivity index (χ0) is 53.5. The summed E-state index contributed by atoms with van der Waals surface area (Å²) in [7, 11) is 0. The summed E-state index contributed by atoms with van der Waals surface area (Å²) in [5, 5.41) is 9.78. The van der Waals surface area contributed by atoms with Crippen molar-refractivity contribution < 1.29 is 9.47 Å². The number of hydrogen-bond acceptors (Lipinski definition) is 5. The van der Waals surface area contributed by atoms with Gasteiger partial charge in [-0.1, -0.05) is 221 Å². The molecule has 0 aromatic heterocycles. The third-order valence-corrected chi connectivity index (χ3v) is 19.5. The number of rotatable bonds is 4. The summed E-state index contributed by atoms with van der Waals surface area (Å²) in [6, 6.07) is 93.7. The van der Waals surface area contributed by atoms with Gasteiger partial charge in [0.05, 0.1) is 33.8 Å². The Morgan fingerprint density at radius 2 is 0.925 bits per heavy atom. The van der Waals surface area contributed by atoms with Gasteiger partial charge in [0.2, 0.25) is 0 Å². The number of nitriles is 1. The second kappa shape index (κ2) is 17.1. The zero-order valence-corrected chi connectivity index (χ0v) is 45.3. The summed E-state index contributed by atoms with van der Waals surface area (Å²) >= 11 is 1.87. The molecule has 3 aliphatic heterocycles. The van der Waals surface area contributed by atoms with Crippen LogP contribution in [-0.2, 0) is 28.1 Å². The van der Waals surface area contributed by atoms with Crippen LogP contribution < -0.4 is 14.4 Å². The van der Waals surface area contributed by atoms with Gasteiger partial charge in [-0.25, -0.2) is 0 Å².